The van der Waals surface area contributed by atoms with Crippen LogP contribution in [-0.4, -0.2) is 41.9 Å². The van der Waals surface area contributed by atoms with Gasteiger partial charge in [-0.2, -0.15) is 10.4 Å². The second-order valence-electron chi connectivity index (χ2n) is 9.59. The van der Waals surface area contributed by atoms with Gasteiger partial charge in [0.15, 0.2) is 5.69 Å². The summed E-state index contributed by atoms with van der Waals surface area (Å²) in [7, 11) is 1.61. The van der Waals surface area contributed by atoms with Crippen LogP contribution in [0.2, 0.25) is 0 Å². The molecule has 0 radical (unpaired) electrons. The first kappa shape index (κ1) is 20.9. The van der Waals surface area contributed by atoms with Crippen LogP contribution < -0.4 is 15.0 Å². The number of nitrogens with one attached hydrogen (secondary N) is 1. The van der Waals surface area contributed by atoms with Crippen LogP contribution in [0.5, 0.6) is 5.75 Å². The number of carbonyl (C=O) groups excluding carboxylic acids is 1. The number of carbonyl (C=O) groups is 1. The lowest BCUT2D eigenvalue weighted by Crippen LogP contribution is -2.38. The quantitative estimate of drug-likeness (QED) is 0.589. The Morgan fingerprint density at radius 1 is 1.12 bits per heavy atom. The molecule has 2 saturated carbocycles. The number of rotatable bonds is 7. The van der Waals surface area contributed by atoms with E-state index in [-0.39, 0.29) is 11.3 Å². The Labute approximate surface area is 198 Å². The Hall–Kier alpha value is -3.63. The second kappa shape index (κ2) is 8.00. The van der Waals surface area contributed by atoms with E-state index in [1.165, 1.54) is 31.2 Å². The van der Waals surface area contributed by atoms with Crippen LogP contribution >= 0.6 is 0 Å². The number of amides is 1. The molecule has 1 aromatic heterocycles. The molecule has 3 aromatic rings. The van der Waals surface area contributed by atoms with E-state index < -0.39 is 0 Å². The van der Waals surface area contributed by atoms with Crippen molar-refractivity contribution in [1.29, 1.82) is 5.26 Å². The minimum Gasteiger partial charge on any atom is -0.497 e. The van der Waals surface area contributed by atoms with Crippen molar-refractivity contribution in [3.05, 3.63) is 71.0 Å². The van der Waals surface area contributed by atoms with Crippen LogP contribution in [0.25, 0.3) is 5.69 Å². The van der Waals surface area contributed by atoms with Crippen LogP contribution in [0.1, 0.15) is 53.0 Å². The van der Waals surface area contributed by atoms with Crippen LogP contribution in [0.4, 0.5) is 5.69 Å². The van der Waals surface area contributed by atoms with E-state index in [4.69, 9.17) is 4.74 Å². The fourth-order valence-corrected chi connectivity index (χ4v) is 4.95. The van der Waals surface area contributed by atoms with Crippen molar-refractivity contribution in [2.75, 3.05) is 25.1 Å². The molecule has 172 valence electrons. The molecule has 0 atom stereocenters. The number of hydrogen-bond acceptors (Lipinski definition) is 5. The Morgan fingerprint density at radius 2 is 1.82 bits per heavy atom. The zero-order valence-electron chi connectivity index (χ0n) is 19.3. The number of nitriles is 1. The smallest absolute Gasteiger partial charge is 0.277 e. The molecule has 1 aliphatic heterocycles. The van der Waals surface area contributed by atoms with Crippen molar-refractivity contribution in [2.45, 2.75) is 43.6 Å². The summed E-state index contributed by atoms with van der Waals surface area (Å²) in [4.78, 5) is 15.5. The molecule has 34 heavy (non-hydrogen) atoms. The van der Waals surface area contributed by atoms with E-state index in [0.717, 1.165) is 29.2 Å². The minimum absolute atomic E-state index is 0.129. The molecular formula is C27H27N5O2. The normalized spacial score (nSPS) is 18.4. The van der Waals surface area contributed by atoms with Crippen molar-refractivity contribution >= 4 is 11.6 Å². The van der Waals surface area contributed by atoms with Crippen LogP contribution in [0, 0.1) is 11.3 Å². The average Bonchev–Trinajstić information content (AvgIpc) is 3.81. The number of nitrogens with zero attached hydrogens (tertiary/aromatic N) is 4. The van der Waals surface area contributed by atoms with E-state index in [2.05, 4.69) is 40.8 Å². The maximum absolute atomic E-state index is 13.7. The molecule has 2 heterocycles. The van der Waals surface area contributed by atoms with Gasteiger partial charge in [0.05, 0.1) is 12.8 Å². The number of methoxy groups -OCH3 is 1. The van der Waals surface area contributed by atoms with Gasteiger partial charge in [-0.25, -0.2) is 4.68 Å². The van der Waals surface area contributed by atoms with Crippen molar-refractivity contribution in [3.8, 4) is 17.5 Å². The number of hydrogen-bond donors (Lipinski definition) is 1. The topological polar surface area (TPSA) is 83.2 Å². The SMILES string of the molecule is COc1ccc(-n2nc(C#N)c3c2C(=O)N(c2ccc(C4(CNC5CC5)CC4)cc2)CC3)cc1. The van der Waals surface area contributed by atoms with Crippen LogP contribution in [0.3, 0.4) is 0 Å². The molecule has 0 unspecified atom stereocenters. The van der Waals surface area contributed by atoms with Gasteiger partial charge in [-0.05, 0) is 74.1 Å². The summed E-state index contributed by atoms with van der Waals surface area (Å²) in [6, 6.07) is 18.7. The lowest BCUT2D eigenvalue weighted by Gasteiger charge is -2.28. The maximum Gasteiger partial charge on any atom is 0.277 e. The lowest BCUT2D eigenvalue weighted by atomic mass is 9.95. The predicted molar refractivity (Wildman–Crippen MR) is 129 cm³/mol. The molecule has 0 spiro atoms. The van der Waals surface area contributed by atoms with E-state index >= 15 is 0 Å². The van der Waals surface area contributed by atoms with Gasteiger partial charge < -0.3 is 15.0 Å². The van der Waals surface area contributed by atoms with Crippen LogP contribution in [0.15, 0.2) is 48.5 Å². The van der Waals surface area contributed by atoms with Gasteiger partial charge in [-0.15, -0.1) is 0 Å². The summed E-state index contributed by atoms with van der Waals surface area (Å²) >= 11 is 0. The zero-order valence-corrected chi connectivity index (χ0v) is 19.3. The predicted octanol–water partition coefficient (Wildman–Crippen LogP) is 3.74. The lowest BCUT2D eigenvalue weighted by molar-refractivity contribution is 0.0973. The summed E-state index contributed by atoms with van der Waals surface area (Å²) in [5.74, 6) is 0.592. The fraction of sp³-hybridized carbons (Fsp3) is 0.370. The number of ether oxygens (including phenoxy) is 1. The highest BCUT2D eigenvalue weighted by Crippen LogP contribution is 2.48. The van der Waals surface area contributed by atoms with E-state index in [0.29, 0.717) is 30.4 Å². The van der Waals surface area contributed by atoms with E-state index in [9.17, 15) is 10.1 Å². The summed E-state index contributed by atoms with van der Waals surface area (Å²) in [6.45, 7) is 1.57. The average molecular weight is 454 g/mol. The van der Waals surface area contributed by atoms with Gasteiger partial charge >= 0.3 is 0 Å². The molecule has 0 bridgehead atoms. The standard InChI is InChI=1S/C27H27N5O2/c1-34-22-10-8-21(9-11-22)32-25-23(24(16-28)30-32)12-15-31(26(25)33)20-6-2-18(3-7-20)27(13-14-27)17-29-19-4-5-19/h2-3,6-11,19,29H,4-5,12-15,17H2,1H3. The zero-order chi connectivity index (χ0) is 23.3. The third-order valence-electron chi connectivity index (χ3n) is 7.39. The van der Waals surface area contributed by atoms with Gasteiger partial charge in [0, 0.05) is 35.8 Å². The molecule has 7 heteroatoms. The second-order valence-corrected chi connectivity index (χ2v) is 9.59. The van der Waals surface area contributed by atoms with Gasteiger partial charge in [0.2, 0.25) is 0 Å². The van der Waals surface area contributed by atoms with Gasteiger partial charge in [-0.3, -0.25) is 4.79 Å². The molecule has 1 amide bonds. The Morgan fingerprint density at radius 3 is 2.44 bits per heavy atom. The fourth-order valence-electron chi connectivity index (χ4n) is 4.95. The highest BCUT2D eigenvalue weighted by atomic mass is 16.5. The van der Waals surface area contributed by atoms with Gasteiger partial charge in [0.25, 0.3) is 5.91 Å². The molecular weight excluding hydrogens is 426 g/mol. The highest BCUT2D eigenvalue weighted by molar-refractivity contribution is 6.07. The molecule has 7 nitrogen and oxygen atoms in total. The Kier molecular flexibility index (Phi) is 4.93. The summed E-state index contributed by atoms with van der Waals surface area (Å²) < 4.78 is 6.84. The molecule has 2 aliphatic carbocycles. The van der Waals surface area contributed by atoms with E-state index in [1.807, 2.05) is 24.3 Å². The summed E-state index contributed by atoms with van der Waals surface area (Å²) in [5.41, 5.74) is 4.71. The number of benzene rings is 2. The molecule has 1 N–H and O–H groups in total. The van der Waals surface area contributed by atoms with E-state index in [1.54, 1.807) is 16.7 Å². The summed E-state index contributed by atoms with van der Waals surface area (Å²) in [5, 5.41) is 17.8. The highest BCUT2D eigenvalue weighted by Gasteiger charge is 2.45. The third-order valence-corrected chi connectivity index (χ3v) is 7.39. The third kappa shape index (κ3) is 3.55. The Balaban J connectivity index is 1.28. The first-order valence-electron chi connectivity index (χ1n) is 11.9. The molecule has 0 saturated heterocycles. The van der Waals surface area contributed by atoms with Gasteiger partial charge in [-0.1, -0.05) is 12.1 Å². The first-order valence-corrected chi connectivity index (χ1v) is 11.9. The maximum atomic E-state index is 13.7. The van der Waals surface area contributed by atoms with Gasteiger partial charge in [0.1, 0.15) is 17.5 Å². The van der Waals surface area contributed by atoms with Crippen LogP contribution in [-0.2, 0) is 11.8 Å². The number of anilines is 1. The molecule has 2 fully saturated rings. The van der Waals surface area contributed by atoms with Crippen molar-refractivity contribution in [2.24, 2.45) is 0 Å². The largest absolute Gasteiger partial charge is 0.497 e. The molecule has 6 rings (SSSR count). The molecule has 3 aliphatic rings. The monoisotopic (exact) mass is 453 g/mol. The first-order chi connectivity index (χ1) is 16.6. The van der Waals surface area contributed by atoms with Crippen molar-refractivity contribution < 1.29 is 9.53 Å². The van der Waals surface area contributed by atoms with Crippen molar-refractivity contribution in [3.63, 3.8) is 0 Å². The summed E-state index contributed by atoms with van der Waals surface area (Å²) in [6.07, 6.45) is 5.63. The number of fused-ring (bicyclic) bond motifs is 1. The van der Waals surface area contributed by atoms with Crippen molar-refractivity contribution in [1.82, 2.24) is 15.1 Å². The molecule has 2 aromatic carbocycles. The number of aromatic nitrogens is 2. The minimum atomic E-state index is -0.129. The Bertz CT molecular complexity index is 1280.